The molecule has 0 saturated carbocycles. The first kappa shape index (κ1) is 16.1. The minimum atomic E-state index is -0.481. The van der Waals surface area contributed by atoms with E-state index in [4.69, 9.17) is 14.7 Å². The van der Waals surface area contributed by atoms with Gasteiger partial charge in [-0.2, -0.15) is 5.26 Å². The molecule has 1 aromatic heterocycles. The van der Waals surface area contributed by atoms with Crippen LogP contribution in [-0.2, 0) is 4.79 Å². The third kappa shape index (κ3) is 4.35. The Kier molecular flexibility index (Phi) is 5.36. The van der Waals surface area contributed by atoms with E-state index in [0.717, 1.165) is 0 Å². The number of pyridine rings is 1. The van der Waals surface area contributed by atoms with E-state index in [2.05, 4.69) is 10.3 Å². The van der Waals surface area contributed by atoms with Crippen LogP contribution in [0.5, 0.6) is 17.2 Å². The number of nitrogens with one attached hydrogen (secondary N) is 1. The van der Waals surface area contributed by atoms with E-state index in [1.807, 2.05) is 6.07 Å². The lowest BCUT2D eigenvalue weighted by atomic mass is 10.2. The Balaban J connectivity index is 2.01. The fourth-order valence-electron chi connectivity index (χ4n) is 1.77. The second-order valence-corrected chi connectivity index (χ2v) is 4.41. The number of nitriles is 1. The van der Waals surface area contributed by atoms with Crippen molar-refractivity contribution in [1.82, 2.24) is 4.98 Å². The first-order chi connectivity index (χ1) is 11.1. The Morgan fingerprint density at radius 3 is 2.87 bits per heavy atom. The molecule has 0 unspecified atom stereocenters. The van der Waals surface area contributed by atoms with Gasteiger partial charge >= 0.3 is 0 Å². The van der Waals surface area contributed by atoms with Crippen molar-refractivity contribution < 1.29 is 19.4 Å². The van der Waals surface area contributed by atoms with Crippen LogP contribution in [0.25, 0.3) is 0 Å². The molecule has 0 aliphatic carbocycles. The standard InChI is InChI=1S/C16H15N3O4/c1-2-22-14-8-11(9-17)5-6-13(14)23-10-15(21)19-16-12(20)4-3-7-18-16/h3-8,20H,2,10H2,1H3,(H,18,19,21). The number of aromatic hydroxyl groups is 1. The largest absolute Gasteiger partial charge is 0.504 e. The zero-order chi connectivity index (χ0) is 16.7. The minimum Gasteiger partial charge on any atom is -0.504 e. The number of carbonyl (C=O) groups excluding carboxylic acids is 1. The Morgan fingerprint density at radius 1 is 1.35 bits per heavy atom. The van der Waals surface area contributed by atoms with Crippen LogP contribution in [0.1, 0.15) is 12.5 Å². The highest BCUT2D eigenvalue weighted by Gasteiger charge is 2.11. The van der Waals surface area contributed by atoms with E-state index >= 15 is 0 Å². The monoisotopic (exact) mass is 313 g/mol. The van der Waals surface area contributed by atoms with Gasteiger partial charge in [0.2, 0.25) is 0 Å². The lowest BCUT2D eigenvalue weighted by Gasteiger charge is -2.12. The highest BCUT2D eigenvalue weighted by Crippen LogP contribution is 2.28. The smallest absolute Gasteiger partial charge is 0.263 e. The average Bonchev–Trinajstić information content (AvgIpc) is 2.56. The third-order valence-corrected chi connectivity index (χ3v) is 2.78. The number of nitrogens with zero attached hydrogens (tertiary/aromatic N) is 2. The number of ether oxygens (including phenoxy) is 2. The number of hydrogen-bond donors (Lipinski definition) is 2. The summed E-state index contributed by atoms with van der Waals surface area (Å²) in [5.41, 5.74) is 0.434. The highest BCUT2D eigenvalue weighted by molar-refractivity contribution is 5.92. The summed E-state index contributed by atoms with van der Waals surface area (Å²) in [5, 5.41) is 20.9. The molecule has 0 atom stereocenters. The minimum absolute atomic E-state index is 0.0611. The van der Waals surface area contributed by atoms with Gasteiger partial charge in [-0.25, -0.2) is 4.98 Å². The van der Waals surface area contributed by atoms with Gasteiger partial charge in [0, 0.05) is 12.3 Å². The van der Waals surface area contributed by atoms with Gasteiger partial charge in [0.25, 0.3) is 5.91 Å². The topological polar surface area (TPSA) is 104 Å². The maximum Gasteiger partial charge on any atom is 0.263 e. The van der Waals surface area contributed by atoms with Crippen LogP contribution in [0.3, 0.4) is 0 Å². The van der Waals surface area contributed by atoms with Crippen LogP contribution in [0, 0.1) is 11.3 Å². The zero-order valence-corrected chi connectivity index (χ0v) is 12.4. The van der Waals surface area contributed by atoms with Crippen LogP contribution >= 0.6 is 0 Å². The molecule has 7 nitrogen and oxygen atoms in total. The zero-order valence-electron chi connectivity index (χ0n) is 12.4. The van der Waals surface area contributed by atoms with Gasteiger partial charge in [-0.15, -0.1) is 0 Å². The number of anilines is 1. The molecule has 7 heteroatoms. The highest BCUT2D eigenvalue weighted by atomic mass is 16.5. The number of hydrogen-bond acceptors (Lipinski definition) is 6. The summed E-state index contributed by atoms with van der Waals surface area (Å²) in [7, 11) is 0. The summed E-state index contributed by atoms with van der Waals surface area (Å²) in [6, 6.07) is 9.65. The maximum atomic E-state index is 11.8. The van der Waals surface area contributed by atoms with E-state index in [9.17, 15) is 9.90 Å². The number of rotatable bonds is 6. The molecule has 0 radical (unpaired) electrons. The summed E-state index contributed by atoms with van der Waals surface area (Å²) in [6.07, 6.45) is 1.45. The first-order valence-corrected chi connectivity index (χ1v) is 6.87. The average molecular weight is 313 g/mol. The summed E-state index contributed by atoms with van der Waals surface area (Å²) in [5.74, 6) is 0.192. The Labute approximate surface area is 133 Å². The molecule has 23 heavy (non-hydrogen) atoms. The van der Waals surface area contributed by atoms with E-state index in [-0.39, 0.29) is 18.2 Å². The Hall–Kier alpha value is -3.27. The fraction of sp³-hybridized carbons (Fsp3) is 0.188. The van der Waals surface area contributed by atoms with Crippen LogP contribution in [0.15, 0.2) is 36.5 Å². The van der Waals surface area contributed by atoms with Gasteiger partial charge in [-0.3, -0.25) is 4.79 Å². The molecule has 1 heterocycles. The van der Waals surface area contributed by atoms with Crippen LogP contribution in [0.2, 0.25) is 0 Å². The van der Waals surface area contributed by atoms with Crippen molar-refractivity contribution in [3.8, 4) is 23.3 Å². The Bertz CT molecular complexity index is 740. The summed E-state index contributed by atoms with van der Waals surface area (Å²) >= 11 is 0. The molecule has 0 bridgehead atoms. The number of amides is 1. The summed E-state index contributed by atoms with van der Waals surface area (Å²) in [6.45, 7) is 1.92. The second-order valence-electron chi connectivity index (χ2n) is 4.41. The molecule has 0 fully saturated rings. The number of benzene rings is 1. The van der Waals surface area contributed by atoms with Gasteiger partial charge in [-0.1, -0.05) is 0 Å². The van der Waals surface area contributed by atoms with E-state index < -0.39 is 5.91 Å². The third-order valence-electron chi connectivity index (χ3n) is 2.78. The van der Waals surface area contributed by atoms with Crippen LogP contribution in [0.4, 0.5) is 5.82 Å². The Morgan fingerprint density at radius 2 is 2.17 bits per heavy atom. The molecule has 0 aliphatic heterocycles. The normalized spacial score (nSPS) is 9.74. The van der Waals surface area contributed by atoms with Crippen LogP contribution in [-0.4, -0.2) is 29.2 Å². The molecule has 0 saturated heterocycles. The first-order valence-electron chi connectivity index (χ1n) is 6.87. The summed E-state index contributed by atoms with van der Waals surface area (Å²) < 4.78 is 10.8. The van der Waals surface area contributed by atoms with Crippen molar-refractivity contribution in [3.05, 3.63) is 42.1 Å². The van der Waals surface area contributed by atoms with Crippen molar-refractivity contribution >= 4 is 11.7 Å². The maximum absolute atomic E-state index is 11.8. The molecule has 1 amide bonds. The van der Waals surface area contributed by atoms with E-state index in [1.165, 1.54) is 12.3 Å². The van der Waals surface area contributed by atoms with Crippen molar-refractivity contribution in [2.24, 2.45) is 0 Å². The van der Waals surface area contributed by atoms with E-state index in [0.29, 0.717) is 23.7 Å². The molecule has 2 rings (SSSR count). The summed E-state index contributed by atoms with van der Waals surface area (Å²) in [4.78, 5) is 15.7. The van der Waals surface area contributed by atoms with Gasteiger partial charge in [-0.05, 0) is 31.2 Å². The number of aromatic nitrogens is 1. The van der Waals surface area contributed by atoms with Crippen molar-refractivity contribution in [2.75, 3.05) is 18.5 Å². The molecule has 1 aromatic carbocycles. The molecule has 2 aromatic rings. The second kappa shape index (κ2) is 7.66. The predicted octanol–water partition coefficient (Wildman–Crippen LogP) is 2.08. The quantitative estimate of drug-likeness (QED) is 0.846. The number of carbonyl (C=O) groups is 1. The molecular formula is C16H15N3O4. The SMILES string of the molecule is CCOc1cc(C#N)ccc1OCC(=O)Nc1ncccc1O. The van der Waals surface area contributed by atoms with Gasteiger partial charge < -0.3 is 19.9 Å². The molecular weight excluding hydrogens is 298 g/mol. The lowest BCUT2D eigenvalue weighted by Crippen LogP contribution is -2.21. The predicted molar refractivity (Wildman–Crippen MR) is 82.4 cm³/mol. The van der Waals surface area contributed by atoms with Crippen molar-refractivity contribution in [1.29, 1.82) is 5.26 Å². The molecule has 0 spiro atoms. The van der Waals surface area contributed by atoms with Gasteiger partial charge in [0.1, 0.15) is 0 Å². The van der Waals surface area contributed by atoms with Gasteiger partial charge in [0.15, 0.2) is 29.7 Å². The van der Waals surface area contributed by atoms with E-state index in [1.54, 1.807) is 31.2 Å². The van der Waals surface area contributed by atoms with Crippen molar-refractivity contribution in [2.45, 2.75) is 6.92 Å². The van der Waals surface area contributed by atoms with Crippen LogP contribution < -0.4 is 14.8 Å². The lowest BCUT2D eigenvalue weighted by molar-refractivity contribution is -0.118. The fourth-order valence-corrected chi connectivity index (χ4v) is 1.77. The van der Waals surface area contributed by atoms with Gasteiger partial charge in [0.05, 0.1) is 18.2 Å². The molecule has 2 N–H and O–H groups in total. The molecule has 118 valence electrons. The molecule has 0 aliphatic rings. The van der Waals surface area contributed by atoms with Crippen molar-refractivity contribution in [3.63, 3.8) is 0 Å².